The zero-order chi connectivity index (χ0) is 14.1. The predicted molar refractivity (Wildman–Crippen MR) is 78.7 cm³/mol. The van der Waals surface area contributed by atoms with E-state index in [1.807, 2.05) is 0 Å². The van der Waals surface area contributed by atoms with Crippen molar-refractivity contribution in [2.75, 3.05) is 13.1 Å². The number of ketones is 1. The van der Waals surface area contributed by atoms with Crippen LogP contribution in [0, 0.1) is 5.82 Å². The lowest BCUT2D eigenvalue weighted by Crippen LogP contribution is -2.37. The van der Waals surface area contributed by atoms with Crippen molar-refractivity contribution in [1.29, 1.82) is 0 Å². The van der Waals surface area contributed by atoms with E-state index in [9.17, 15) is 9.18 Å². The van der Waals surface area contributed by atoms with Crippen molar-refractivity contribution in [3.05, 3.63) is 57.5 Å². The van der Waals surface area contributed by atoms with Crippen LogP contribution in [-0.4, -0.2) is 23.8 Å². The zero-order valence-electron chi connectivity index (χ0n) is 11.3. The molecule has 4 heteroatoms. The number of hydrogen-bond acceptors (Lipinski definition) is 3. The van der Waals surface area contributed by atoms with E-state index < -0.39 is 0 Å². The van der Waals surface area contributed by atoms with Gasteiger partial charge < -0.3 is 0 Å². The van der Waals surface area contributed by atoms with Crippen molar-refractivity contribution in [2.24, 2.45) is 0 Å². The Morgan fingerprint density at radius 1 is 1.35 bits per heavy atom. The second-order valence-electron chi connectivity index (χ2n) is 5.13. The third-order valence-electron chi connectivity index (χ3n) is 3.92. The lowest BCUT2D eigenvalue weighted by atomic mass is 10.0. The second-order valence-corrected chi connectivity index (χ2v) is 6.13. The van der Waals surface area contributed by atoms with E-state index in [4.69, 9.17) is 0 Å². The van der Waals surface area contributed by atoms with E-state index in [0.717, 1.165) is 13.0 Å². The van der Waals surface area contributed by atoms with Crippen LogP contribution in [0.3, 0.4) is 0 Å². The van der Waals surface area contributed by atoms with Crippen LogP contribution in [0.4, 0.5) is 4.39 Å². The van der Waals surface area contributed by atoms with Gasteiger partial charge in [0.05, 0.1) is 6.54 Å². The average molecular weight is 289 g/mol. The van der Waals surface area contributed by atoms with Gasteiger partial charge in [-0.05, 0) is 54.6 Å². The summed E-state index contributed by atoms with van der Waals surface area (Å²) >= 11 is 1.79. The minimum absolute atomic E-state index is 0.0514. The first-order valence-corrected chi connectivity index (χ1v) is 7.62. The van der Waals surface area contributed by atoms with Gasteiger partial charge in [-0.25, -0.2) is 4.39 Å². The van der Waals surface area contributed by atoms with Crippen molar-refractivity contribution >= 4 is 17.1 Å². The van der Waals surface area contributed by atoms with E-state index in [1.54, 1.807) is 23.5 Å². The smallest absolute Gasteiger partial charge is 0.176 e. The number of nitrogens with zero attached hydrogens (tertiary/aromatic N) is 1. The summed E-state index contributed by atoms with van der Waals surface area (Å²) in [5, 5.41) is 2.12. The lowest BCUT2D eigenvalue weighted by Gasteiger charge is -2.32. The maximum atomic E-state index is 12.9. The van der Waals surface area contributed by atoms with Crippen molar-refractivity contribution < 1.29 is 9.18 Å². The van der Waals surface area contributed by atoms with Crippen molar-refractivity contribution in [3.63, 3.8) is 0 Å². The molecule has 0 N–H and O–H groups in total. The van der Waals surface area contributed by atoms with E-state index in [2.05, 4.69) is 23.3 Å². The largest absolute Gasteiger partial charge is 0.293 e. The van der Waals surface area contributed by atoms with Crippen LogP contribution in [0.5, 0.6) is 0 Å². The number of carbonyl (C=O) groups is 1. The third kappa shape index (κ3) is 2.53. The Hall–Kier alpha value is -1.52. The van der Waals surface area contributed by atoms with Gasteiger partial charge in [0, 0.05) is 23.0 Å². The fraction of sp³-hybridized carbons (Fsp3) is 0.312. The molecule has 1 aromatic heterocycles. The molecular formula is C16H16FNOS. The van der Waals surface area contributed by atoms with Crippen LogP contribution in [0.15, 0.2) is 35.7 Å². The molecule has 1 atom stereocenters. The molecule has 0 bridgehead atoms. The summed E-state index contributed by atoms with van der Waals surface area (Å²) in [5.41, 5.74) is 1.92. The summed E-state index contributed by atoms with van der Waals surface area (Å²) in [7, 11) is 0. The van der Waals surface area contributed by atoms with Gasteiger partial charge in [0.1, 0.15) is 5.82 Å². The molecule has 0 fully saturated rings. The van der Waals surface area contributed by atoms with Crippen molar-refractivity contribution in [1.82, 2.24) is 4.90 Å². The van der Waals surface area contributed by atoms with Gasteiger partial charge in [-0.15, -0.1) is 11.3 Å². The topological polar surface area (TPSA) is 20.3 Å². The Labute approximate surface area is 121 Å². The molecule has 2 nitrogen and oxygen atoms in total. The molecule has 0 radical (unpaired) electrons. The third-order valence-corrected chi connectivity index (χ3v) is 4.91. The molecule has 0 amide bonds. The highest BCUT2D eigenvalue weighted by molar-refractivity contribution is 7.10. The number of rotatable bonds is 3. The maximum absolute atomic E-state index is 12.9. The Morgan fingerprint density at radius 3 is 2.85 bits per heavy atom. The van der Waals surface area contributed by atoms with Gasteiger partial charge in [-0.2, -0.15) is 0 Å². The van der Waals surface area contributed by atoms with Gasteiger partial charge in [0.2, 0.25) is 0 Å². The van der Waals surface area contributed by atoms with E-state index in [-0.39, 0.29) is 17.6 Å². The highest BCUT2D eigenvalue weighted by Crippen LogP contribution is 2.32. The Kier molecular flexibility index (Phi) is 3.68. The van der Waals surface area contributed by atoms with Gasteiger partial charge in [-0.1, -0.05) is 0 Å². The average Bonchev–Trinajstić information content (AvgIpc) is 2.92. The number of carbonyl (C=O) groups excluding carboxylic acids is 1. The minimum atomic E-state index is -0.309. The van der Waals surface area contributed by atoms with Crippen LogP contribution < -0.4 is 0 Å². The van der Waals surface area contributed by atoms with Crippen LogP contribution >= 0.6 is 11.3 Å². The minimum Gasteiger partial charge on any atom is -0.293 e. The molecular weight excluding hydrogens is 273 g/mol. The normalized spacial score (nSPS) is 18.8. The monoisotopic (exact) mass is 289 g/mol. The molecule has 0 spiro atoms. The summed E-state index contributed by atoms with van der Waals surface area (Å²) in [4.78, 5) is 15.9. The molecule has 20 heavy (non-hydrogen) atoms. The molecule has 0 saturated carbocycles. The molecule has 3 rings (SSSR count). The summed E-state index contributed by atoms with van der Waals surface area (Å²) in [6.45, 7) is 3.44. The number of Topliss-reactive ketones (excluding diaryl/α,β-unsaturated/α-hetero) is 1. The van der Waals surface area contributed by atoms with E-state index >= 15 is 0 Å². The van der Waals surface area contributed by atoms with Gasteiger partial charge in [-0.3, -0.25) is 9.69 Å². The molecule has 104 valence electrons. The van der Waals surface area contributed by atoms with E-state index in [1.165, 1.54) is 22.6 Å². The number of halogens is 1. The van der Waals surface area contributed by atoms with Crippen LogP contribution in [-0.2, 0) is 6.42 Å². The standard InChI is InChI=1S/C16H16FNOS/c1-11-14-7-9-20-16(14)6-8-18(11)10-15(19)12-2-4-13(17)5-3-12/h2-5,7,9,11H,6,8,10H2,1H3. The predicted octanol–water partition coefficient (Wildman–Crippen LogP) is 3.69. The number of benzene rings is 1. The number of thiophene rings is 1. The SMILES string of the molecule is CC1c2ccsc2CCN1CC(=O)c1ccc(F)cc1. The van der Waals surface area contributed by atoms with Crippen LogP contribution in [0.1, 0.15) is 33.8 Å². The summed E-state index contributed by atoms with van der Waals surface area (Å²) in [6.07, 6.45) is 1.01. The quantitative estimate of drug-likeness (QED) is 0.803. The molecule has 1 unspecified atom stereocenters. The summed E-state index contributed by atoms with van der Waals surface area (Å²) in [5.74, 6) is -0.258. The molecule has 2 heterocycles. The fourth-order valence-electron chi connectivity index (χ4n) is 2.69. The van der Waals surface area contributed by atoms with E-state index in [0.29, 0.717) is 12.1 Å². The molecule has 1 aromatic carbocycles. The molecule has 0 saturated heterocycles. The number of fused-ring (bicyclic) bond motifs is 1. The highest BCUT2D eigenvalue weighted by atomic mass is 32.1. The second kappa shape index (κ2) is 5.46. The van der Waals surface area contributed by atoms with Gasteiger partial charge in [0.15, 0.2) is 5.78 Å². The van der Waals surface area contributed by atoms with Gasteiger partial charge in [0.25, 0.3) is 0 Å². The highest BCUT2D eigenvalue weighted by Gasteiger charge is 2.26. The summed E-state index contributed by atoms with van der Waals surface area (Å²) in [6, 6.07) is 8.21. The fourth-order valence-corrected chi connectivity index (χ4v) is 3.65. The zero-order valence-corrected chi connectivity index (χ0v) is 12.1. The Balaban J connectivity index is 1.72. The van der Waals surface area contributed by atoms with Gasteiger partial charge >= 0.3 is 0 Å². The number of hydrogen-bond donors (Lipinski definition) is 0. The first-order valence-electron chi connectivity index (χ1n) is 6.74. The summed E-state index contributed by atoms with van der Waals surface area (Å²) < 4.78 is 12.9. The maximum Gasteiger partial charge on any atom is 0.176 e. The lowest BCUT2D eigenvalue weighted by molar-refractivity contribution is 0.0891. The molecule has 2 aromatic rings. The first-order chi connectivity index (χ1) is 9.65. The van der Waals surface area contributed by atoms with Crippen LogP contribution in [0.2, 0.25) is 0 Å². The van der Waals surface area contributed by atoms with Crippen molar-refractivity contribution in [2.45, 2.75) is 19.4 Å². The Bertz CT molecular complexity index is 620. The van der Waals surface area contributed by atoms with Crippen LogP contribution in [0.25, 0.3) is 0 Å². The molecule has 1 aliphatic rings. The molecule has 1 aliphatic heterocycles. The van der Waals surface area contributed by atoms with Crippen molar-refractivity contribution in [3.8, 4) is 0 Å². The first kappa shape index (κ1) is 13.5. The molecule has 0 aliphatic carbocycles. The Morgan fingerprint density at radius 2 is 2.10 bits per heavy atom.